The average molecular weight is 300 g/mol. The first-order valence-electron chi connectivity index (χ1n) is 4.41. The lowest BCUT2D eigenvalue weighted by Gasteiger charge is -2.12. The van der Waals surface area contributed by atoms with Gasteiger partial charge in [-0.05, 0) is 35.9 Å². The molecule has 0 spiro atoms. The predicted molar refractivity (Wildman–Crippen MR) is 62.4 cm³/mol. The molecule has 0 bridgehead atoms. The molecule has 1 aromatic carbocycles. The van der Waals surface area contributed by atoms with Crippen molar-refractivity contribution in [2.75, 3.05) is 5.73 Å². The fraction of sp³-hybridized carbons (Fsp3) is 0.100. The third kappa shape index (κ3) is 4.46. The Morgan fingerprint density at radius 3 is 2.50 bits per heavy atom. The number of nitrogens with two attached hydrogens (primary N) is 1. The van der Waals surface area contributed by atoms with Crippen LogP contribution in [0.2, 0.25) is 5.02 Å². The van der Waals surface area contributed by atoms with Crippen LogP contribution in [0.3, 0.4) is 0 Å². The number of hydrogen-bond acceptors (Lipinski definition) is 3. The summed E-state index contributed by atoms with van der Waals surface area (Å²) in [7, 11) is 0. The maximum Gasteiger partial charge on any atom is 0.573 e. The molecule has 0 atom stereocenters. The van der Waals surface area contributed by atoms with E-state index in [1.807, 2.05) is 0 Å². The van der Waals surface area contributed by atoms with Crippen molar-refractivity contribution in [2.24, 2.45) is 0 Å². The van der Waals surface area contributed by atoms with Crippen LogP contribution in [0.25, 0.3) is 6.08 Å². The van der Waals surface area contributed by atoms with Gasteiger partial charge in [0, 0.05) is 11.3 Å². The SMILES string of the molecule is Nc1cc(Cl)c(OC(F)(F)F)cc1/C=C/C(=O)Cl. The first-order chi connectivity index (χ1) is 8.19. The van der Waals surface area contributed by atoms with Crippen LogP contribution < -0.4 is 10.5 Å². The number of carbonyl (C=O) groups is 1. The van der Waals surface area contributed by atoms with Crippen LogP contribution in [-0.4, -0.2) is 11.6 Å². The van der Waals surface area contributed by atoms with E-state index in [0.717, 1.165) is 24.3 Å². The minimum absolute atomic E-state index is 0.0868. The van der Waals surface area contributed by atoms with Gasteiger partial charge in [-0.25, -0.2) is 0 Å². The van der Waals surface area contributed by atoms with Gasteiger partial charge in [-0.3, -0.25) is 4.79 Å². The highest BCUT2D eigenvalue weighted by Gasteiger charge is 2.32. The molecule has 0 aliphatic carbocycles. The van der Waals surface area contributed by atoms with E-state index in [0.29, 0.717) is 0 Å². The highest BCUT2D eigenvalue weighted by molar-refractivity contribution is 6.66. The standard InChI is InChI=1S/C10H6Cl2F3NO2/c11-6-4-7(16)5(1-2-9(12)17)3-8(6)18-10(13,14)15/h1-4H,16H2/b2-1+. The molecule has 0 heterocycles. The number of alkyl halides is 3. The smallest absolute Gasteiger partial charge is 0.404 e. The number of hydrogen-bond donors (Lipinski definition) is 1. The molecule has 0 saturated carbocycles. The Hall–Kier alpha value is -1.40. The summed E-state index contributed by atoms with van der Waals surface area (Å²) < 4.78 is 39.9. The molecule has 0 aliphatic heterocycles. The molecule has 0 saturated heterocycles. The molecule has 18 heavy (non-hydrogen) atoms. The van der Waals surface area contributed by atoms with E-state index in [1.165, 1.54) is 0 Å². The van der Waals surface area contributed by atoms with Crippen molar-refractivity contribution in [1.82, 2.24) is 0 Å². The summed E-state index contributed by atoms with van der Waals surface area (Å²) in [4.78, 5) is 10.5. The van der Waals surface area contributed by atoms with Crippen LogP contribution in [0.5, 0.6) is 5.75 Å². The Balaban J connectivity index is 3.14. The number of benzene rings is 1. The number of rotatable bonds is 3. The third-order valence-electron chi connectivity index (χ3n) is 1.76. The molecule has 0 unspecified atom stereocenters. The first-order valence-corrected chi connectivity index (χ1v) is 5.17. The van der Waals surface area contributed by atoms with E-state index in [-0.39, 0.29) is 16.3 Å². The molecule has 98 valence electrons. The van der Waals surface area contributed by atoms with Gasteiger partial charge in [0.25, 0.3) is 0 Å². The predicted octanol–water partition coefficient (Wildman–Crippen LogP) is 3.60. The Labute approximate surface area is 110 Å². The normalized spacial score (nSPS) is 11.8. The van der Waals surface area contributed by atoms with Gasteiger partial charge >= 0.3 is 6.36 Å². The molecule has 0 aromatic heterocycles. The largest absolute Gasteiger partial charge is 0.573 e. The maximum absolute atomic E-state index is 12.1. The van der Waals surface area contributed by atoms with Crippen LogP contribution in [-0.2, 0) is 4.79 Å². The zero-order valence-electron chi connectivity index (χ0n) is 8.59. The lowest BCUT2D eigenvalue weighted by Crippen LogP contribution is -2.17. The second-order valence-electron chi connectivity index (χ2n) is 3.10. The second kappa shape index (κ2) is 5.49. The highest BCUT2D eigenvalue weighted by atomic mass is 35.5. The molecule has 3 nitrogen and oxygen atoms in total. The lowest BCUT2D eigenvalue weighted by molar-refractivity contribution is -0.274. The molecule has 0 aliphatic rings. The van der Waals surface area contributed by atoms with Crippen molar-refractivity contribution >= 4 is 40.2 Å². The number of carbonyl (C=O) groups excluding carboxylic acids is 1. The molecule has 8 heteroatoms. The van der Waals surface area contributed by atoms with Crippen molar-refractivity contribution in [2.45, 2.75) is 6.36 Å². The Morgan fingerprint density at radius 1 is 1.39 bits per heavy atom. The number of nitrogen functional groups attached to an aromatic ring is 1. The molecule has 0 radical (unpaired) electrons. The average Bonchev–Trinajstić information content (AvgIpc) is 2.18. The van der Waals surface area contributed by atoms with Gasteiger partial charge in [0.1, 0.15) is 5.75 Å². The number of ether oxygens (including phenoxy) is 1. The maximum atomic E-state index is 12.1. The van der Waals surface area contributed by atoms with Gasteiger partial charge in [0.05, 0.1) is 5.02 Å². The zero-order chi connectivity index (χ0) is 13.9. The summed E-state index contributed by atoms with van der Waals surface area (Å²) in [5.74, 6) is -0.611. The zero-order valence-corrected chi connectivity index (χ0v) is 10.1. The van der Waals surface area contributed by atoms with E-state index in [1.54, 1.807) is 0 Å². The van der Waals surface area contributed by atoms with Gasteiger partial charge < -0.3 is 10.5 Å². The Kier molecular flexibility index (Phi) is 4.48. The quantitative estimate of drug-likeness (QED) is 0.527. The topological polar surface area (TPSA) is 52.3 Å². The van der Waals surface area contributed by atoms with E-state index >= 15 is 0 Å². The van der Waals surface area contributed by atoms with Crippen molar-refractivity contribution in [3.8, 4) is 5.75 Å². The van der Waals surface area contributed by atoms with Gasteiger partial charge in [-0.15, -0.1) is 13.2 Å². The van der Waals surface area contributed by atoms with Gasteiger partial charge in [-0.1, -0.05) is 11.6 Å². The summed E-state index contributed by atoms with van der Waals surface area (Å²) in [6.07, 6.45) is -2.77. The fourth-order valence-corrected chi connectivity index (χ4v) is 1.36. The Morgan fingerprint density at radius 2 is 2.00 bits per heavy atom. The molecular formula is C10H6Cl2F3NO2. The van der Waals surface area contributed by atoms with Crippen LogP contribution in [0.4, 0.5) is 18.9 Å². The van der Waals surface area contributed by atoms with E-state index in [4.69, 9.17) is 28.9 Å². The summed E-state index contributed by atoms with van der Waals surface area (Å²) in [5, 5.41) is -1.08. The number of allylic oxidation sites excluding steroid dienone is 1. The van der Waals surface area contributed by atoms with E-state index < -0.39 is 17.4 Å². The molecule has 2 N–H and O–H groups in total. The Bertz CT molecular complexity index is 501. The summed E-state index contributed by atoms with van der Waals surface area (Å²) in [6.45, 7) is 0. The van der Waals surface area contributed by atoms with Crippen molar-refractivity contribution in [3.63, 3.8) is 0 Å². The molecule has 0 amide bonds. The molecule has 1 aromatic rings. The lowest BCUT2D eigenvalue weighted by atomic mass is 10.1. The van der Waals surface area contributed by atoms with Crippen LogP contribution >= 0.6 is 23.2 Å². The van der Waals surface area contributed by atoms with Gasteiger partial charge in [0.15, 0.2) is 0 Å². The highest BCUT2D eigenvalue weighted by Crippen LogP contribution is 2.34. The molecule has 1 rings (SSSR count). The van der Waals surface area contributed by atoms with Gasteiger partial charge in [0.2, 0.25) is 5.24 Å². The van der Waals surface area contributed by atoms with Crippen LogP contribution in [0.15, 0.2) is 18.2 Å². The van der Waals surface area contributed by atoms with Gasteiger partial charge in [-0.2, -0.15) is 0 Å². The minimum Gasteiger partial charge on any atom is -0.404 e. The summed E-state index contributed by atoms with van der Waals surface area (Å²) in [5.41, 5.74) is 5.73. The molecular weight excluding hydrogens is 294 g/mol. The third-order valence-corrected chi connectivity index (χ3v) is 2.18. The van der Waals surface area contributed by atoms with E-state index in [9.17, 15) is 18.0 Å². The number of halogens is 5. The number of anilines is 1. The van der Waals surface area contributed by atoms with Crippen molar-refractivity contribution in [1.29, 1.82) is 0 Å². The monoisotopic (exact) mass is 299 g/mol. The summed E-state index contributed by atoms with van der Waals surface area (Å²) in [6, 6.07) is 2.04. The van der Waals surface area contributed by atoms with Crippen LogP contribution in [0.1, 0.15) is 5.56 Å². The first kappa shape index (κ1) is 14.7. The van der Waals surface area contributed by atoms with E-state index in [2.05, 4.69) is 4.74 Å². The van der Waals surface area contributed by atoms with Crippen molar-refractivity contribution in [3.05, 3.63) is 28.8 Å². The summed E-state index contributed by atoms with van der Waals surface area (Å²) >= 11 is 10.6. The second-order valence-corrected chi connectivity index (χ2v) is 3.88. The minimum atomic E-state index is -4.87. The molecule has 0 fully saturated rings. The fourth-order valence-electron chi connectivity index (χ4n) is 1.09. The van der Waals surface area contributed by atoms with Crippen LogP contribution in [0, 0.1) is 0 Å². The van der Waals surface area contributed by atoms with Crippen molar-refractivity contribution < 1.29 is 22.7 Å².